The lowest BCUT2D eigenvalue weighted by molar-refractivity contribution is -0.119. The maximum atomic E-state index is 11.7. The van der Waals surface area contributed by atoms with Gasteiger partial charge in [-0.15, -0.1) is 0 Å². The number of hydrogen-bond donors (Lipinski definition) is 1. The number of ketones is 2. The van der Waals surface area contributed by atoms with Crippen molar-refractivity contribution in [2.24, 2.45) is 0 Å². The van der Waals surface area contributed by atoms with Crippen LogP contribution in [0.4, 0.5) is 0 Å². The number of fused-ring (bicyclic) bond motifs is 2. The summed E-state index contributed by atoms with van der Waals surface area (Å²) in [6.45, 7) is 1.99. The molecule has 1 heterocycles. The van der Waals surface area contributed by atoms with E-state index in [0.29, 0.717) is 25.7 Å². The number of rotatable bonds is 3. The molecule has 2 aliphatic carbocycles. The van der Waals surface area contributed by atoms with Crippen molar-refractivity contribution in [2.45, 2.75) is 51.6 Å². The van der Waals surface area contributed by atoms with Crippen molar-refractivity contribution in [3.05, 3.63) is 85.6 Å². The number of hydrogen-bond acceptors (Lipinski definition) is 5. The first kappa shape index (κ1) is 24.6. The maximum Gasteiger partial charge on any atom is 0.137 e. The summed E-state index contributed by atoms with van der Waals surface area (Å²) in [5, 5.41) is 9.57. The van der Waals surface area contributed by atoms with Gasteiger partial charge in [-0.05, 0) is 61.2 Å². The van der Waals surface area contributed by atoms with E-state index in [0.717, 1.165) is 49.8 Å². The molecule has 0 saturated heterocycles. The van der Waals surface area contributed by atoms with E-state index in [2.05, 4.69) is 42.9 Å². The number of aryl methyl sites for hydroxylation is 2. The molecule has 2 aliphatic rings. The van der Waals surface area contributed by atoms with E-state index in [4.69, 9.17) is 4.74 Å². The van der Waals surface area contributed by atoms with E-state index in [1.807, 2.05) is 31.2 Å². The van der Waals surface area contributed by atoms with Gasteiger partial charge in [-0.25, -0.2) is 0 Å². The Hall–Kier alpha value is -2.51. The van der Waals surface area contributed by atoms with Crippen LogP contribution in [0.25, 0.3) is 0 Å². The van der Waals surface area contributed by atoms with Gasteiger partial charge in [0.05, 0.1) is 0 Å². The number of aromatic nitrogens is 1. The second-order valence-corrected chi connectivity index (χ2v) is 10.4. The fraction of sp³-hybridized carbons (Fsp3) is 0.296. The third-order valence-electron chi connectivity index (χ3n) is 6.10. The normalized spacial score (nSPS) is 15.5. The molecule has 34 heavy (non-hydrogen) atoms. The molecule has 2 aromatic carbocycles. The average molecular weight is 587 g/mol. The van der Waals surface area contributed by atoms with Crippen molar-refractivity contribution in [3.8, 4) is 11.5 Å². The lowest BCUT2D eigenvalue weighted by atomic mass is 9.90. The molecule has 0 bridgehead atoms. The first-order valence-corrected chi connectivity index (χ1v) is 12.8. The molecule has 1 atom stereocenters. The predicted octanol–water partition coefficient (Wildman–Crippen LogP) is 6.25. The Morgan fingerprint density at radius 3 is 2.18 bits per heavy atom. The van der Waals surface area contributed by atoms with Crippen molar-refractivity contribution in [2.75, 3.05) is 0 Å². The van der Waals surface area contributed by atoms with Gasteiger partial charge >= 0.3 is 0 Å². The lowest BCUT2D eigenvalue weighted by Crippen LogP contribution is -2.15. The molecule has 0 amide bonds. The maximum absolute atomic E-state index is 11.7. The quantitative estimate of drug-likeness (QED) is 0.392. The number of ether oxygens (including phenoxy) is 1. The fourth-order valence-corrected chi connectivity index (χ4v) is 5.27. The molecule has 3 aromatic rings. The summed E-state index contributed by atoms with van der Waals surface area (Å²) in [6, 6.07) is 11.5. The van der Waals surface area contributed by atoms with E-state index in [-0.39, 0.29) is 23.4 Å². The molecule has 7 heteroatoms. The van der Waals surface area contributed by atoms with Crippen LogP contribution < -0.4 is 4.74 Å². The highest BCUT2D eigenvalue weighted by molar-refractivity contribution is 9.10. The Labute approximate surface area is 215 Å². The largest absolute Gasteiger partial charge is 0.508 e. The van der Waals surface area contributed by atoms with Crippen LogP contribution in [0, 0.1) is 0 Å². The number of halogens is 2. The second kappa shape index (κ2) is 10.8. The van der Waals surface area contributed by atoms with Crippen molar-refractivity contribution < 1.29 is 19.4 Å². The summed E-state index contributed by atoms with van der Waals surface area (Å²) < 4.78 is 7.97. The van der Waals surface area contributed by atoms with E-state index in [9.17, 15) is 14.7 Å². The van der Waals surface area contributed by atoms with Crippen LogP contribution in [0.3, 0.4) is 0 Å². The van der Waals surface area contributed by atoms with Crippen LogP contribution >= 0.6 is 31.9 Å². The summed E-state index contributed by atoms with van der Waals surface area (Å²) >= 11 is 6.84. The van der Waals surface area contributed by atoms with Crippen LogP contribution in [0.1, 0.15) is 53.7 Å². The lowest BCUT2D eigenvalue weighted by Gasteiger charge is -2.22. The first-order valence-electron chi connectivity index (χ1n) is 11.2. The van der Waals surface area contributed by atoms with E-state index >= 15 is 0 Å². The zero-order valence-electron chi connectivity index (χ0n) is 18.8. The third-order valence-corrected chi connectivity index (χ3v) is 7.02. The van der Waals surface area contributed by atoms with Crippen molar-refractivity contribution in [1.29, 1.82) is 0 Å². The number of phenols is 1. The van der Waals surface area contributed by atoms with Crippen LogP contribution in [0.2, 0.25) is 0 Å². The standard InChI is InChI=1S/C17H16BrNO2.C10H9BrO2/c1-11(13-3-2-6-19-10-13)21-17-8-14(18)7-12-4-5-15(20)9-16(12)17;11-7-3-6-1-2-8(12)5-9(6)10(13)4-7/h2-3,6-8,10-11H,4-5,9H2,1H3;3-4,13H,1-2,5H2. The zero-order valence-corrected chi connectivity index (χ0v) is 22.0. The van der Waals surface area contributed by atoms with Gasteiger partial charge in [0.25, 0.3) is 0 Å². The van der Waals surface area contributed by atoms with Crippen LogP contribution in [0.15, 0.2) is 57.7 Å². The van der Waals surface area contributed by atoms with Crippen LogP contribution in [0.5, 0.6) is 11.5 Å². The highest BCUT2D eigenvalue weighted by Crippen LogP contribution is 2.35. The van der Waals surface area contributed by atoms with Crippen LogP contribution in [-0.2, 0) is 35.3 Å². The number of Topliss-reactive ketones (excluding diaryl/α,β-unsaturated/α-hetero) is 2. The van der Waals surface area contributed by atoms with Gasteiger partial charge in [0.1, 0.15) is 29.2 Å². The predicted molar refractivity (Wildman–Crippen MR) is 137 cm³/mol. The molecule has 0 aliphatic heterocycles. The Kier molecular flexibility index (Phi) is 7.84. The molecule has 5 nitrogen and oxygen atoms in total. The monoisotopic (exact) mass is 585 g/mol. The number of aromatic hydroxyl groups is 1. The SMILES string of the molecule is CC(Oc1cc(Br)cc2c1CC(=O)CC2)c1cccnc1.O=C1CCc2cc(Br)cc(O)c2C1. The second-order valence-electron chi connectivity index (χ2n) is 8.58. The van der Waals surface area contributed by atoms with Gasteiger partial charge in [0, 0.05) is 63.7 Å². The number of benzene rings is 2. The fourth-order valence-electron chi connectivity index (χ4n) is 4.29. The Balaban J connectivity index is 0.000000180. The Bertz CT molecular complexity index is 1230. The number of phenolic OH excluding ortho intramolecular Hbond substituents is 1. The molecule has 1 aromatic heterocycles. The number of carbonyl (C=O) groups is 2. The summed E-state index contributed by atoms with van der Waals surface area (Å²) in [5.41, 5.74) is 5.15. The molecular formula is C27H25Br2NO4. The van der Waals surface area contributed by atoms with Crippen molar-refractivity contribution in [3.63, 3.8) is 0 Å². The molecule has 5 rings (SSSR count). The van der Waals surface area contributed by atoms with E-state index < -0.39 is 0 Å². The summed E-state index contributed by atoms with van der Waals surface area (Å²) in [6.07, 6.45) is 7.08. The average Bonchev–Trinajstić information content (AvgIpc) is 2.81. The highest BCUT2D eigenvalue weighted by atomic mass is 79.9. The third kappa shape index (κ3) is 5.94. The Morgan fingerprint density at radius 1 is 0.912 bits per heavy atom. The van der Waals surface area contributed by atoms with Gasteiger partial charge < -0.3 is 9.84 Å². The number of pyridine rings is 1. The van der Waals surface area contributed by atoms with Crippen molar-refractivity contribution >= 4 is 43.4 Å². The van der Waals surface area contributed by atoms with Gasteiger partial charge in [0.15, 0.2) is 0 Å². The number of nitrogens with zero attached hydrogens (tertiary/aromatic N) is 1. The van der Waals surface area contributed by atoms with Gasteiger partial charge in [-0.1, -0.05) is 37.9 Å². The molecule has 0 radical (unpaired) electrons. The van der Waals surface area contributed by atoms with E-state index in [1.54, 1.807) is 18.5 Å². The Morgan fingerprint density at radius 2 is 1.53 bits per heavy atom. The first-order chi connectivity index (χ1) is 16.3. The summed E-state index contributed by atoms with van der Waals surface area (Å²) in [4.78, 5) is 27.0. The topological polar surface area (TPSA) is 76.5 Å². The van der Waals surface area contributed by atoms with Crippen molar-refractivity contribution in [1.82, 2.24) is 4.98 Å². The molecular weight excluding hydrogens is 562 g/mol. The minimum absolute atomic E-state index is 0.103. The molecule has 0 saturated carbocycles. The number of carbonyl (C=O) groups excluding carboxylic acids is 2. The van der Waals surface area contributed by atoms with E-state index in [1.165, 1.54) is 5.56 Å². The van der Waals surface area contributed by atoms with Gasteiger partial charge in [-0.3, -0.25) is 14.6 Å². The smallest absolute Gasteiger partial charge is 0.137 e. The zero-order chi connectivity index (χ0) is 24.2. The van der Waals surface area contributed by atoms with Crippen LogP contribution in [-0.4, -0.2) is 21.7 Å². The minimum atomic E-state index is -0.103. The molecule has 1 N–H and O–H groups in total. The minimum Gasteiger partial charge on any atom is -0.508 e. The van der Waals surface area contributed by atoms with Gasteiger partial charge in [-0.2, -0.15) is 0 Å². The molecule has 176 valence electrons. The summed E-state index contributed by atoms with van der Waals surface area (Å²) in [5.74, 6) is 1.52. The molecule has 0 fully saturated rings. The highest BCUT2D eigenvalue weighted by Gasteiger charge is 2.22. The van der Waals surface area contributed by atoms with Gasteiger partial charge in [0.2, 0.25) is 0 Å². The summed E-state index contributed by atoms with van der Waals surface area (Å²) in [7, 11) is 0. The molecule has 0 spiro atoms. The molecule has 1 unspecified atom stereocenters.